The molecule has 162 valence electrons. The van der Waals surface area contributed by atoms with Gasteiger partial charge in [0, 0.05) is 6.61 Å². The molecule has 0 aromatic carbocycles. The number of unbranched alkanes of at least 4 members (excludes halogenated alkanes) is 7. The Morgan fingerprint density at radius 1 is 0.889 bits per heavy atom. The molecule has 0 amide bonds. The second-order valence-corrected chi connectivity index (χ2v) is 8.07. The topological polar surface area (TPSA) is 93.9 Å². The van der Waals surface area contributed by atoms with Gasteiger partial charge in [0.05, 0.1) is 19.3 Å². The van der Waals surface area contributed by atoms with Gasteiger partial charge in [-0.1, -0.05) is 91.4 Å². The first-order chi connectivity index (χ1) is 13.0. The zero-order valence-corrected chi connectivity index (χ0v) is 18.3. The average Bonchev–Trinajstić information content (AvgIpc) is 2.64. The first-order valence-electron chi connectivity index (χ1n) is 11.3. The largest absolute Gasteiger partial charge is 0.389 e. The van der Waals surface area contributed by atoms with Crippen LogP contribution in [0.25, 0.3) is 0 Å². The Labute approximate surface area is 168 Å². The number of nitrogens with zero attached hydrogens (tertiary/aromatic N) is 1. The smallest absolute Gasteiger partial charge is 0.185 e. The Morgan fingerprint density at radius 2 is 1.48 bits per heavy atom. The molecule has 0 aliphatic rings. The predicted octanol–water partition coefficient (Wildman–Crippen LogP) is 4.61. The van der Waals surface area contributed by atoms with Crippen LogP contribution in [0.4, 0.5) is 0 Å². The lowest BCUT2D eigenvalue weighted by atomic mass is 9.83. The number of hydrogen-bond acceptors (Lipinski definition) is 3. The highest BCUT2D eigenvalue weighted by Gasteiger charge is 2.17. The minimum atomic E-state index is -0.633. The SMILES string of the molecule is CCCCCCCCC(CCOCC(O)CN=C(N)N)C(C)CCCCC. The van der Waals surface area contributed by atoms with Gasteiger partial charge in [0.25, 0.3) is 0 Å². The van der Waals surface area contributed by atoms with Crippen molar-refractivity contribution in [2.75, 3.05) is 19.8 Å². The van der Waals surface area contributed by atoms with Crippen LogP contribution in [0.1, 0.15) is 97.8 Å². The summed E-state index contributed by atoms with van der Waals surface area (Å²) in [7, 11) is 0. The van der Waals surface area contributed by atoms with Gasteiger partial charge < -0.3 is 21.3 Å². The number of nitrogens with two attached hydrogens (primary N) is 2. The molecule has 3 unspecified atom stereocenters. The second-order valence-electron chi connectivity index (χ2n) is 8.07. The normalized spacial score (nSPS) is 14.7. The molecule has 5 heteroatoms. The summed E-state index contributed by atoms with van der Waals surface area (Å²) >= 11 is 0. The van der Waals surface area contributed by atoms with Crippen molar-refractivity contribution in [1.29, 1.82) is 0 Å². The molecular formula is C22H47N3O2. The number of aliphatic hydroxyl groups excluding tert-OH is 1. The fourth-order valence-corrected chi connectivity index (χ4v) is 3.57. The summed E-state index contributed by atoms with van der Waals surface area (Å²) in [6.45, 7) is 8.15. The number of aliphatic imine (C=N–C) groups is 1. The summed E-state index contributed by atoms with van der Waals surface area (Å²) in [5, 5.41) is 9.82. The Morgan fingerprint density at radius 3 is 2.15 bits per heavy atom. The molecule has 3 atom stereocenters. The van der Waals surface area contributed by atoms with Crippen LogP contribution in [0.2, 0.25) is 0 Å². The van der Waals surface area contributed by atoms with Crippen LogP contribution in [0, 0.1) is 11.8 Å². The molecule has 0 aromatic heterocycles. The lowest BCUT2D eigenvalue weighted by Crippen LogP contribution is -2.27. The third kappa shape index (κ3) is 17.0. The van der Waals surface area contributed by atoms with Gasteiger partial charge >= 0.3 is 0 Å². The maximum Gasteiger partial charge on any atom is 0.185 e. The monoisotopic (exact) mass is 385 g/mol. The van der Waals surface area contributed by atoms with Crippen LogP contribution in [0.3, 0.4) is 0 Å². The van der Waals surface area contributed by atoms with Crippen molar-refractivity contribution in [3.8, 4) is 0 Å². The molecule has 0 radical (unpaired) electrons. The molecule has 0 rings (SSSR count). The van der Waals surface area contributed by atoms with E-state index in [2.05, 4.69) is 25.8 Å². The fourth-order valence-electron chi connectivity index (χ4n) is 3.57. The second kappa shape index (κ2) is 18.5. The summed E-state index contributed by atoms with van der Waals surface area (Å²) < 4.78 is 5.69. The van der Waals surface area contributed by atoms with Crippen molar-refractivity contribution in [3.63, 3.8) is 0 Å². The summed E-state index contributed by atoms with van der Waals surface area (Å²) in [6.07, 6.45) is 15.1. The van der Waals surface area contributed by atoms with Crippen molar-refractivity contribution >= 4 is 5.96 Å². The standard InChI is InChI=1S/C22H47N3O2/c1-4-6-8-9-10-12-14-20(19(3)13-11-7-5-2)15-16-27-18-21(26)17-25-22(23)24/h19-21,26H,4-18H2,1-3H3,(H4,23,24,25). The Balaban J connectivity index is 4.13. The van der Waals surface area contributed by atoms with E-state index in [1.165, 1.54) is 70.6 Å². The van der Waals surface area contributed by atoms with Crippen LogP contribution in [0.15, 0.2) is 4.99 Å². The zero-order valence-electron chi connectivity index (χ0n) is 18.3. The van der Waals surface area contributed by atoms with E-state index >= 15 is 0 Å². The van der Waals surface area contributed by atoms with Crippen molar-refractivity contribution < 1.29 is 9.84 Å². The molecule has 0 fully saturated rings. The van der Waals surface area contributed by atoms with E-state index < -0.39 is 6.10 Å². The zero-order chi connectivity index (χ0) is 20.3. The fraction of sp³-hybridized carbons (Fsp3) is 0.955. The van der Waals surface area contributed by atoms with Gasteiger partial charge in [-0.15, -0.1) is 0 Å². The van der Waals surface area contributed by atoms with Gasteiger partial charge in [0.2, 0.25) is 0 Å². The van der Waals surface area contributed by atoms with E-state index in [1.54, 1.807) is 0 Å². The molecule has 0 aliphatic carbocycles. The quantitative estimate of drug-likeness (QED) is 0.172. The maximum atomic E-state index is 9.82. The Kier molecular flexibility index (Phi) is 18.0. The molecule has 0 aliphatic heterocycles. The van der Waals surface area contributed by atoms with E-state index in [0.717, 1.165) is 18.3 Å². The van der Waals surface area contributed by atoms with E-state index in [9.17, 15) is 5.11 Å². The van der Waals surface area contributed by atoms with E-state index in [-0.39, 0.29) is 12.5 Å². The minimum absolute atomic E-state index is 0.00829. The van der Waals surface area contributed by atoms with E-state index in [1.807, 2.05) is 0 Å². The Bertz CT molecular complexity index is 346. The van der Waals surface area contributed by atoms with Gasteiger partial charge in [0.15, 0.2) is 5.96 Å². The summed E-state index contributed by atoms with van der Waals surface area (Å²) in [6, 6.07) is 0. The highest BCUT2D eigenvalue weighted by atomic mass is 16.5. The van der Waals surface area contributed by atoms with Crippen molar-refractivity contribution in [2.45, 2.75) is 104 Å². The minimum Gasteiger partial charge on any atom is -0.389 e. The maximum absolute atomic E-state index is 9.82. The van der Waals surface area contributed by atoms with Crippen LogP contribution in [-0.2, 0) is 4.74 Å². The highest BCUT2D eigenvalue weighted by Crippen LogP contribution is 2.27. The Hall–Kier alpha value is -0.810. The molecule has 5 N–H and O–H groups in total. The predicted molar refractivity (Wildman–Crippen MR) is 117 cm³/mol. The van der Waals surface area contributed by atoms with Crippen molar-refractivity contribution in [1.82, 2.24) is 0 Å². The summed E-state index contributed by atoms with van der Waals surface area (Å²) in [5.41, 5.74) is 10.6. The molecule has 0 saturated heterocycles. The number of guanidine groups is 1. The van der Waals surface area contributed by atoms with Gasteiger partial charge in [-0.25, -0.2) is 0 Å². The van der Waals surface area contributed by atoms with Crippen LogP contribution in [0.5, 0.6) is 0 Å². The lowest BCUT2D eigenvalue weighted by Gasteiger charge is -2.24. The molecule has 27 heavy (non-hydrogen) atoms. The van der Waals surface area contributed by atoms with Crippen LogP contribution < -0.4 is 11.5 Å². The van der Waals surface area contributed by atoms with Crippen LogP contribution in [-0.4, -0.2) is 36.9 Å². The van der Waals surface area contributed by atoms with Gasteiger partial charge in [-0.3, -0.25) is 4.99 Å². The molecule has 5 nitrogen and oxygen atoms in total. The van der Waals surface area contributed by atoms with E-state index in [4.69, 9.17) is 16.2 Å². The lowest BCUT2D eigenvalue weighted by molar-refractivity contribution is 0.0321. The first-order valence-corrected chi connectivity index (χ1v) is 11.3. The summed E-state index contributed by atoms with van der Waals surface area (Å²) in [5.74, 6) is 1.49. The van der Waals surface area contributed by atoms with Crippen molar-refractivity contribution in [2.24, 2.45) is 28.3 Å². The number of hydrogen-bond donors (Lipinski definition) is 3. The average molecular weight is 386 g/mol. The third-order valence-electron chi connectivity index (χ3n) is 5.42. The van der Waals surface area contributed by atoms with Gasteiger partial charge in [0.1, 0.15) is 0 Å². The molecule has 0 saturated carbocycles. The number of rotatable bonds is 19. The van der Waals surface area contributed by atoms with Gasteiger partial charge in [-0.2, -0.15) is 0 Å². The molecule has 0 bridgehead atoms. The molecular weight excluding hydrogens is 338 g/mol. The van der Waals surface area contributed by atoms with Crippen molar-refractivity contribution in [3.05, 3.63) is 0 Å². The molecule has 0 heterocycles. The highest BCUT2D eigenvalue weighted by molar-refractivity contribution is 5.75. The van der Waals surface area contributed by atoms with E-state index in [0.29, 0.717) is 13.2 Å². The number of ether oxygens (including phenoxy) is 1. The molecule has 0 aromatic rings. The van der Waals surface area contributed by atoms with Crippen LogP contribution >= 0.6 is 0 Å². The molecule has 0 spiro atoms. The third-order valence-corrected chi connectivity index (χ3v) is 5.42. The summed E-state index contributed by atoms with van der Waals surface area (Å²) in [4.78, 5) is 3.82. The number of aliphatic hydroxyl groups is 1. The first kappa shape index (κ1) is 26.2. The van der Waals surface area contributed by atoms with Gasteiger partial charge in [-0.05, 0) is 18.3 Å².